The second-order valence-corrected chi connectivity index (χ2v) is 6.21. The lowest BCUT2D eigenvalue weighted by molar-refractivity contribution is 0.623. The Morgan fingerprint density at radius 3 is 2.35 bits per heavy atom. The van der Waals surface area contributed by atoms with Crippen molar-refractivity contribution in [2.24, 2.45) is 0 Å². The van der Waals surface area contributed by atoms with Gasteiger partial charge >= 0.3 is 0 Å². The van der Waals surface area contributed by atoms with Gasteiger partial charge in [0.25, 0.3) is 5.56 Å². The summed E-state index contributed by atoms with van der Waals surface area (Å²) in [7, 11) is 0. The van der Waals surface area contributed by atoms with Crippen molar-refractivity contribution in [2.75, 3.05) is 0 Å². The molecule has 4 rings (SSSR count). The predicted molar refractivity (Wildman–Crippen MR) is 95.4 cm³/mol. The van der Waals surface area contributed by atoms with Crippen LogP contribution in [-0.4, -0.2) is 24.5 Å². The molecule has 0 amide bonds. The molecular formula is C19H16FN5O. The minimum atomic E-state index is -0.297. The summed E-state index contributed by atoms with van der Waals surface area (Å²) < 4.78 is 16.1. The van der Waals surface area contributed by atoms with Gasteiger partial charge in [0.05, 0.1) is 13.1 Å². The average Bonchev–Trinajstić information content (AvgIpc) is 3.05. The van der Waals surface area contributed by atoms with Gasteiger partial charge in [-0.25, -0.2) is 14.1 Å². The summed E-state index contributed by atoms with van der Waals surface area (Å²) in [5.41, 5.74) is 3.43. The fourth-order valence-electron chi connectivity index (χ4n) is 2.76. The van der Waals surface area contributed by atoms with E-state index in [4.69, 9.17) is 0 Å². The average molecular weight is 349 g/mol. The fraction of sp³-hybridized carbons (Fsp3) is 0.158. The number of hydrogen-bond donors (Lipinski definition) is 0. The molecule has 26 heavy (non-hydrogen) atoms. The highest BCUT2D eigenvalue weighted by Gasteiger charge is 2.12. The van der Waals surface area contributed by atoms with Crippen LogP contribution in [0.3, 0.4) is 0 Å². The Labute approximate surface area is 148 Å². The Balaban J connectivity index is 1.65. The third-order valence-electron chi connectivity index (χ3n) is 4.21. The fourth-order valence-corrected chi connectivity index (χ4v) is 2.76. The highest BCUT2D eigenvalue weighted by Crippen LogP contribution is 2.09. The summed E-state index contributed by atoms with van der Waals surface area (Å²) in [6.45, 7) is 2.81. The largest absolute Gasteiger partial charge is 0.293 e. The Morgan fingerprint density at radius 1 is 0.962 bits per heavy atom. The summed E-state index contributed by atoms with van der Waals surface area (Å²) in [5, 5.41) is 8.02. The number of nitrogens with zero attached hydrogens (tertiary/aromatic N) is 5. The van der Waals surface area contributed by atoms with E-state index >= 15 is 0 Å². The first-order chi connectivity index (χ1) is 12.6. The van der Waals surface area contributed by atoms with E-state index in [2.05, 4.69) is 15.3 Å². The third kappa shape index (κ3) is 3.11. The van der Waals surface area contributed by atoms with Crippen molar-refractivity contribution >= 4 is 11.2 Å². The zero-order valence-electron chi connectivity index (χ0n) is 14.1. The molecule has 0 saturated carbocycles. The molecule has 0 radical (unpaired) electrons. The van der Waals surface area contributed by atoms with E-state index in [-0.39, 0.29) is 16.9 Å². The molecule has 0 aliphatic heterocycles. The predicted octanol–water partition coefficient (Wildman–Crippen LogP) is 2.53. The molecule has 0 unspecified atom stereocenters. The van der Waals surface area contributed by atoms with Crippen LogP contribution in [-0.2, 0) is 13.1 Å². The lowest BCUT2D eigenvalue weighted by Gasteiger charge is -2.06. The van der Waals surface area contributed by atoms with E-state index < -0.39 is 0 Å². The smallest absolute Gasteiger partial charge is 0.283 e. The van der Waals surface area contributed by atoms with Crippen molar-refractivity contribution in [1.82, 2.24) is 24.5 Å². The van der Waals surface area contributed by atoms with Gasteiger partial charge in [-0.05, 0) is 30.2 Å². The van der Waals surface area contributed by atoms with Crippen LogP contribution in [0.4, 0.5) is 4.39 Å². The second kappa shape index (κ2) is 6.51. The molecule has 0 spiro atoms. The Morgan fingerprint density at radius 2 is 1.62 bits per heavy atom. The molecule has 0 fully saturated rings. The van der Waals surface area contributed by atoms with Crippen molar-refractivity contribution < 1.29 is 4.39 Å². The van der Waals surface area contributed by atoms with E-state index in [0.29, 0.717) is 18.7 Å². The molecule has 0 aliphatic carbocycles. The van der Waals surface area contributed by atoms with Crippen LogP contribution in [0.5, 0.6) is 0 Å². The van der Waals surface area contributed by atoms with Crippen molar-refractivity contribution in [3.63, 3.8) is 0 Å². The zero-order chi connectivity index (χ0) is 18.1. The molecule has 0 bridgehead atoms. The van der Waals surface area contributed by atoms with Gasteiger partial charge in [0.15, 0.2) is 11.2 Å². The van der Waals surface area contributed by atoms with Crippen LogP contribution in [0.1, 0.15) is 16.7 Å². The summed E-state index contributed by atoms with van der Waals surface area (Å²) in [6, 6.07) is 14.1. The van der Waals surface area contributed by atoms with Gasteiger partial charge < -0.3 is 0 Å². The first-order valence-corrected chi connectivity index (χ1v) is 8.19. The summed E-state index contributed by atoms with van der Waals surface area (Å²) in [4.78, 5) is 17.0. The molecule has 7 heteroatoms. The van der Waals surface area contributed by atoms with E-state index in [1.165, 1.54) is 28.6 Å². The quantitative estimate of drug-likeness (QED) is 0.568. The topological polar surface area (TPSA) is 65.6 Å². The number of hydrogen-bond acceptors (Lipinski definition) is 4. The number of fused-ring (bicyclic) bond motifs is 1. The number of halogens is 1. The lowest BCUT2D eigenvalue weighted by atomic mass is 10.1. The maximum absolute atomic E-state index is 13.0. The molecule has 0 N–H and O–H groups in total. The van der Waals surface area contributed by atoms with Gasteiger partial charge in [-0.2, -0.15) is 0 Å². The maximum atomic E-state index is 13.0. The van der Waals surface area contributed by atoms with Gasteiger partial charge in [-0.1, -0.05) is 47.2 Å². The zero-order valence-corrected chi connectivity index (χ0v) is 14.1. The van der Waals surface area contributed by atoms with E-state index in [1.807, 2.05) is 31.2 Å². The number of aromatic nitrogens is 5. The first kappa shape index (κ1) is 16.1. The normalized spacial score (nSPS) is 11.2. The van der Waals surface area contributed by atoms with Crippen molar-refractivity contribution in [3.05, 3.63) is 87.7 Å². The van der Waals surface area contributed by atoms with Gasteiger partial charge in [0.1, 0.15) is 12.1 Å². The van der Waals surface area contributed by atoms with Crippen LogP contribution in [0, 0.1) is 12.7 Å². The van der Waals surface area contributed by atoms with Gasteiger partial charge in [0.2, 0.25) is 0 Å². The van der Waals surface area contributed by atoms with Crippen molar-refractivity contribution in [1.29, 1.82) is 0 Å². The van der Waals surface area contributed by atoms with Crippen LogP contribution >= 0.6 is 0 Å². The molecule has 0 saturated heterocycles. The van der Waals surface area contributed by atoms with Crippen LogP contribution in [0.15, 0.2) is 59.7 Å². The van der Waals surface area contributed by atoms with Crippen LogP contribution in [0.2, 0.25) is 0 Å². The number of aryl methyl sites for hydroxylation is 1. The summed E-state index contributed by atoms with van der Waals surface area (Å²) in [6.07, 6.45) is 1.51. The third-order valence-corrected chi connectivity index (χ3v) is 4.21. The Hall–Kier alpha value is -3.35. The highest BCUT2D eigenvalue weighted by molar-refractivity contribution is 5.67. The molecule has 6 nitrogen and oxygen atoms in total. The SMILES string of the molecule is Cc1ccc(Cn2cnc3c(nnn3Cc3ccc(F)cc3)c2=O)cc1. The van der Waals surface area contributed by atoms with Crippen LogP contribution in [0.25, 0.3) is 11.2 Å². The molecule has 2 aromatic heterocycles. The molecule has 2 aromatic carbocycles. The highest BCUT2D eigenvalue weighted by atomic mass is 19.1. The molecule has 2 heterocycles. The first-order valence-electron chi connectivity index (χ1n) is 8.19. The molecule has 130 valence electrons. The summed E-state index contributed by atoms with van der Waals surface area (Å²) >= 11 is 0. The molecule has 4 aromatic rings. The number of rotatable bonds is 4. The molecular weight excluding hydrogens is 333 g/mol. The van der Waals surface area contributed by atoms with Crippen LogP contribution < -0.4 is 5.56 Å². The molecule has 0 atom stereocenters. The monoisotopic (exact) mass is 349 g/mol. The maximum Gasteiger partial charge on any atom is 0.283 e. The summed E-state index contributed by atoms with van der Waals surface area (Å²) in [5.74, 6) is -0.297. The van der Waals surface area contributed by atoms with E-state index in [0.717, 1.165) is 11.1 Å². The van der Waals surface area contributed by atoms with Gasteiger partial charge in [-0.3, -0.25) is 9.36 Å². The minimum Gasteiger partial charge on any atom is -0.293 e. The van der Waals surface area contributed by atoms with Gasteiger partial charge in [0, 0.05) is 0 Å². The number of benzene rings is 2. The second-order valence-electron chi connectivity index (χ2n) is 6.21. The Bertz CT molecular complexity index is 1110. The van der Waals surface area contributed by atoms with Gasteiger partial charge in [-0.15, -0.1) is 5.10 Å². The van der Waals surface area contributed by atoms with E-state index in [9.17, 15) is 9.18 Å². The molecule has 0 aliphatic rings. The lowest BCUT2D eigenvalue weighted by Crippen LogP contribution is -2.21. The van der Waals surface area contributed by atoms with Crippen molar-refractivity contribution in [2.45, 2.75) is 20.0 Å². The standard InChI is InChI=1S/C19H16FN5O/c1-13-2-4-14(5-3-13)10-24-12-21-18-17(19(24)26)22-23-25(18)11-15-6-8-16(20)9-7-15/h2-9,12H,10-11H2,1H3. The van der Waals surface area contributed by atoms with Crippen molar-refractivity contribution in [3.8, 4) is 0 Å². The van der Waals surface area contributed by atoms with E-state index in [1.54, 1.807) is 16.8 Å². The Kier molecular flexibility index (Phi) is 4.04. The minimum absolute atomic E-state index is 0.224.